The topological polar surface area (TPSA) is 18.5 Å². The van der Waals surface area contributed by atoms with Crippen LogP contribution in [0.15, 0.2) is 203 Å². The lowest BCUT2D eigenvalue weighted by Crippen LogP contribution is -1.93. The molecule has 48 heavy (non-hydrogen) atoms. The van der Waals surface area contributed by atoms with Gasteiger partial charge in [0.05, 0.1) is 14.2 Å². The molecule has 0 amide bonds. The van der Waals surface area contributed by atoms with Crippen LogP contribution >= 0.6 is 23.5 Å². The van der Waals surface area contributed by atoms with Gasteiger partial charge in [0.2, 0.25) is 0 Å². The minimum atomic E-state index is 0.637. The summed E-state index contributed by atoms with van der Waals surface area (Å²) in [5, 5.41) is 0. The molecule has 2 heterocycles. The van der Waals surface area contributed by atoms with Crippen molar-refractivity contribution < 1.29 is 9.47 Å². The largest absolute Gasteiger partial charge is 0.493 e. The van der Waals surface area contributed by atoms with E-state index in [-0.39, 0.29) is 0 Å². The second-order valence-corrected chi connectivity index (χ2v) is 13.1. The summed E-state index contributed by atoms with van der Waals surface area (Å²) < 4.78 is 11.5. The summed E-state index contributed by atoms with van der Waals surface area (Å²) in [6.45, 7) is 0. The Balaban J connectivity index is 1.25. The minimum absolute atomic E-state index is 0.637. The smallest absolute Gasteiger partial charge is 0.160 e. The zero-order valence-corrected chi connectivity index (χ0v) is 28.6. The number of hydrogen-bond acceptors (Lipinski definition) is 4. The van der Waals surface area contributed by atoms with Crippen molar-refractivity contribution in [1.82, 2.24) is 0 Å². The Morgan fingerprint density at radius 2 is 0.771 bits per heavy atom. The van der Waals surface area contributed by atoms with Gasteiger partial charge in [-0.1, -0.05) is 157 Å². The van der Waals surface area contributed by atoms with Crippen LogP contribution < -0.4 is 0 Å². The van der Waals surface area contributed by atoms with Crippen molar-refractivity contribution in [2.45, 2.75) is 0 Å². The second-order valence-electron chi connectivity index (χ2n) is 10.9. The predicted molar refractivity (Wildman–Crippen MR) is 208 cm³/mol. The van der Waals surface area contributed by atoms with E-state index in [1.165, 1.54) is 43.2 Å². The number of rotatable bonds is 10. The lowest BCUT2D eigenvalue weighted by molar-refractivity contribution is 0.241. The fourth-order valence-corrected chi connectivity index (χ4v) is 7.31. The summed E-state index contributed by atoms with van der Waals surface area (Å²) in [6.07, 6.45) is 21.1. The molecule has 0 saturated carbocycles. The Morgan fingerprint density at radius 3 is 1.10 bits per heavy atom. The fraction of sp³-hybridized carbons (Fsp3) is 0.0455. The van der Waals surface area contributed by atoms with E-state index in [0.29, 0.717) is 11.5 Å². The standard InChI is InChI=1S/C44H36O2S2/c1-45-41(27-15-25-39-29-37(33-17-7-3-8-18-33)31-43(47-39)35-21-11-5-12-22-35)42(46-2)28-16-26-40-30-38(34-19-9-4-10-20-34)32-44(48-40)36-23-13-6-14-24-36/h3-32H,1-2H3/b27-15+,28-16+,39-25+,40-26+,42-41+. The van der Waals surface area contributed by atoms with Crippen LogP contribution in [0, 0.1) is 0 Å². The molecule has 0 unspecified atom stereocenters. The summed E-state index contributed by atoms with van der Waals surface area (Å²) >= 11 is 3.51. The van der Waals surface area contributed by atoms with E-state index in [1.807, 2.05) is 48.6 Å². The third kappa shape index (κ3) is 8.60. The molecule has 4 heteroatoms. The first-order chi connectivity index (χ1) is 23.7. The molecule has 2 aliphatic heterocycles. The SMILES string of the molecule is COC(/C=C/C=C1\C=C(c2ccccc2)C=C(c2ccccc2)S1)=C(\C=C\C=C1/C=C(c2ccccc2)C=C(c2ccccc2)S1)OC. The number of allylic oxidation sites excluding steroid dienone is 12. The van der Waals surface area contributed by atoms with Gasteiger partial charge in [-0.2, -0.15) is 0 Å². The summed E-state index contributed by atoms with van der Waals surface area (Å²) in [4.78, 5) is 4.70. The summed E-state index contributed by atoms with van der Waals surface area (Å²) in [5.41, 5.74) is 7.13. The maximum atomic E-state index is 5.77. The van der Waals surface area contributed by atoms with Crippen LogP contribution in [-0.4, -0.2) is 14.2 Å². The third-order valence-corrected chi connectivity index (χ3v) is 9.78. The molecule has 0 aliphatic carbocycles. The summed E-state index contributed by atoms with van der Waals surface area (Å²) in [6, 6.07) is 42.0. The summed E-state index contributed by atoms with van der Waals surface area (Å²) in [5.74, 6) is 1.27. The number of methoxy groups -OCH3 is 2. The molecule has 0 aromatic heterocycles. The van der Waals surface area contributed by atoms with E-state index in [9.17, 15) is 0 Å². The molecule has 2 aliphatic rings. The van der Waals surface area contributed by atoms with E-state index in [2.05, 4.69) is 134 Å². The van der Waals surface area contributed by atoms with Gasteiger partial charge in [0, 0.05) is 19.6 Å². The normalized spacial score (nSPS) is 17.1. The average Bonchev–Trinajstić information content (AvgIpc) is 3.16. The van der Waals surface area contributed by atoms with Gasteiger partial charge in [0.15, 0.2) is 11.5 Å². The number of hydrogen-bond donors (Lipinski definition) is 0. The maximum absolute atomic E-state index is 5.77. The van der Waals surface area contributed by atoms with Gasteiger partial charge in [-0.3, -0.25) is 0 Å². The van der Waals surface area contributed by atoms with E-state index < -0.39 is 0 Å². The van der Waals surface area contributed by atoms with Gasteiger partial charge in [0.25, 0.3) is 0 Å². The minimum Gasteiger partial charge on any atom is -0.493 e. The Morgan fingerprint density at radius 1 is 0.438 bits per heavy atom. The highest BCUT2D eigenvalue weighted by molar-refractivity contribution is 8.12. The number of benzene rings is 4. The number of thioether (sulfide) groups is 2. The highest BCUT2D eigenvalue weighted by Crippen LogP contribution is 2.43. The molecule has 4 aromatic carbocycles. The van der Waals surface area contributed by atoms with Gasteiger partial charge in [0.1, 0.15) is 0 Å². The molecular weight excluding hydrogens is 625 g/mol. The molecule has 0 saturated heterocycles. The lowest BCUT2D eigenvalue weighted by Gasteiger charge is -2.16. The van der Waals surface area contributed by atoms with Crippen LogP contribution in [0.3, 0.4) is 0 Å². The van der Waals surface area contributed by atoms with Crippen LogP contribution in [0.2, 0.25) is 0 Å². The molecule has 0 bridgehead atoms. The van der Waals surface area contributed by atoms with Crippen LogP contribution in [0.25, 0.3) is 21.0 Å². The molecule has 0 N–H and O–H groups in total. The van der Waals surface area contributed by atoms with E-state index in [4.69, 9.17) is 9.47 Å². The van der Waals surface area contributed by atoms with Crippen LogP contribution in [-0.2, 0) is 9.47 Å². The van der Waals surface area contributed by atoms with Crippen molar-refractivity contribution in [3.05, 3.63) is 226 Å². The predicted octanol–water partition coefficient (Wildman–Crippen LogP) is 12.1. The Labute approximate surface area is 292 Å². The first-order valence-electron chi connectivity index (χ1n) is 15.7. The molecule has 0 fully saturated rings. The average molecular weight is 661 g/mol. The zero-order chi connectivity index (χ0) is 33.0. The second kappa shape index (κ2) is 16.6. The molecule has 4 aromatic rings. The van der Waals surface area contributed by atoms with Crippen molar-refractivity contribution in [2.75, 3.05) is 14.2 Å². The van der Waals surface area contributed by atoms with Gasteiger partial charge in [-0.25, -0.2) is 0 Å². The maximum Gasteiger partial charge on any atom is 0.160 e. The van der Waals surface area contributed by atoms with Crippen molar-refractivity contribution in [3.63, 3.8) is 0 Å². The van der Waals surface area contributed by atoms with Gasteiger partial charge >= 0.3 is 0 Å². The Hall–Kier alpha value is -5.16. The molecule has 0 spiro atoms. The highest BCUT2D eigenvalue weighted by atomic mass is 32.2. The molecule has 0 radical (unpaired) electrons. The molecule has 6 rings (SSSR count). The van der Waals surface area contributed by atoms with Gasteiger partial charge < -0.3 is 9.47 Å². The molecule has 236 valence electrons. The summed E-state index contributed by atoms with van der Waals surface area (Å²) in [7, 11) is 3.33. The third-order valence-electron chi connectivity index (χ3n) is 7.65. The number of ether oxygens (including phenoxy) is 2. The van der Waals surface area contributed by atoms with E-state index in [1.54, 1.807) is 37.7 Å². The van der Waals surface area contributed by atoms with E-state index in [0.717, 1.165) is 9.81 Å². The van der Waals surface area contributed by atoms with Crippen LogP contribution in [0.5, 0.6) is 0 Å². The molecule has 0 atom stereocenters. The van der Waals surface area contributed by atoms with Crippen molar-refractivity contribution >= 4 is 44.5 Å². The van der Waals surface area contributed by atoms with Crippen molar-refractivity contribution in [2.24, 2.45) is 0 Å². The monoisotopic (exact) mass is 660 g/mol. The van der Waals surface area contributed by atoms with Gasteiger partial charge in [-0.15, -0.1) is 0 Å². The highest BCUT2D eigenvalue weighted by Gasteiger charge is 2.15. The zero-order valence-electron chi connectivity index (χ0n) is 27.0. The van der Waals surface area contributed by atoms with Crippen LogP contribution in [0.1, 0.15) is 22.3 Å². The van der Waals surface area contributed by atoms with E-state index >= 15 is 0 Å². The first-order valence-corrected chi connectivity index (χ1v) is 17.4. The molecule has 2 nitrogen and oxygen atoms in total. The first kappa shape index (κ1) is 32.8. The Bertz CT molecular complexity index is 1840. The lowest BCUT2D eigenvalue weighted by atomic mass is 10.0. The Kier molecular flexibility index (Phi) is 11.3. The molecular formula is C44H36O2S2. The quantitative estimate of drug-likeness (QED) is 0.124. The van der Waals surface area contributed by atoms with Crippen molar-refractivity contribution in [3.8, 4) is 0 Å². The van der Waals surface area contributed by atoms with Crippen molar-refractivity contribution in [1.29, 1.82) is 0 Å². The fourth-order valence-electron chi connectivity index (χ4n) is 5.25. The van der Waals surface area contributed by atoms with Crippen LogP contribution in [0.4, 0.5) is 0 Å². The van der Waals surface area contributed by atoms with Gasteiger partial charge in [-0.05, 0) is 82.0 Å².